The zero-order valence-electron chi connectivity index (χ0n) is 19.4. The van der Waals surface area contributed by atoms with E-state index in [-0.39, 0.29) is 19.4 Å². The molecular formula is C19H35NO13. The number of nitrogens with zero attached hydrogens (tertiary/aromatic N) is 1. The summed E-state index contributed by atoms with van der Waals surface area (Å²) in [6, 6.07) is 0. The van der Waals surface area contributed by atoms with Gasteiger partial charge in [-0.1, -0.05) is 6.92 Å². The number of hydrogen-bond donors (Lipinski definition) is 6. The summed E-state index contributed by atoms with van der Waals surface area (Å²) in [5.41, 5.74) is -2.70. The molecule has 0 aliphatic rings. The van der Waals surface area contributed by atoms with Gasteiger partial charge in [-0.3, -0.25) is 9.59 Å². The largest absolute Gasteiger partial charge is 0.550 e. The van der Waals surface area contributed by atoms with Gasteiger partial charge >= 0.3 is 23.9 Å². The van der Waals surface area contributed by atoms with Gasteiger partial charge in [0, 0.05) is 12.4 Å². The van der Waals surface area contributed by atoms with E-state index in [0.717, 1.165) is 0 Å². The molecule has 3 atom stereocenters. The minimum Gasteiger partial charge on any atom is -0.550 e. The van der Waals surface area contributed by atoms with Gasteiger partial charge in [-0.05, 0) is 13.3 Å². The molecule has 0 spiro atoms. The van der Waals surface area contributed by atoms with Crippen LogP contribution in [0, 0.1) is 0 Å². The van der Waals surface area contributed by atoms with Crippen LogP contribution in [0.5, 0.6) is 0 Å². The average Bonchev–Trinajstić information content (AvgIpc) is 2.58. The first-order valence-electron chi connectivity index (χ1n) is 9.69. The number of rotatable bonds is 12. The van der Waals surface area contributed by atoms with Crippen LogP contribution in [0.2, 0.25) is 0 Å². The number of aliphatic hydroxyl groups is 3. The fraction of sp³-hybridized carbons (Fsp3) is 0.737. The zero-order chi connectivity index (χ0) is 27.0. The Labute approximate surface area is 191 Å². The third kappa shape index (κ3) is 23.7. The Bertz CT molecular complexity index is 642. The molecule has 0 radical (unpaired) electrons. The summed E-state index contributed by atoms with van der Waals surface area (Å²) in [5, 5.41) is 61.2. The van der Waals surface area contributed by atoms with Crippen LogP contribution in [0.25, 0.3) is 0 Å². The fourth-order valence-corrected chi connectivity index (χ4v) is 1.60. The summed E-state index contributed by atoms with van der Waals surface area (Å²) in [6.07, 6.45) is -3.91. The van der Waals surface area contributed by atoms with E-state index in [9.17, 15) is 34.2 Å². The summed E-state index contributed by atoms with van der Waals surface area (Å²) in [7, 11) is 5.62. The highest BCUT2D eigenvalue weighted by Crippen LogP contribution is 2.16. The molecule has 0 aliphatic carbocycles. The molecule has 0 amide bonds. The Morgan fingerprint density at radius 2 is 1.48 bits per heavy atom. The van der Waals surface area contributed by atoms with Crippen LogP contribution >= 0.6 is 0 Å². The normalized spacial score (nSPS) is 14.1. The molecule has 0 aromatic heterocycles. The number of ether oxygens (including phenoxy) is 1. The molecule has 0 aromatic carbocycles. The number of esters is 1. The van der Waals surface area contributed by atoms with Crippen molar-refractivity contribution in [3.63, 3.8) is 0 Å². The van der Waals surface area contributed by atoms with Crippen molar-refractivity contribution in [3.05, 3.63) is 0 Å². The lowest BCUT2D eigenvalue weighted by Crippen LogP contribution is -2.46. The molecule has 0 fully saturated rings. The summed E-state index contributed by atoms with van der Waals surface area (Å²) in [6.45, 7) is 3.59. The Balaban J connectivity index is -0.000000524. The maximum Gasteiger partial charge on any atom is 0.336 e. The molecule has 0 saturated carbocycles. The van der Waals surface area contributed by atoms with Crippen molar-refractivity contribution in [2.24, 2.45) is 0 Å². The van der Waals surface area contributed by atoms with E-state index < -0.39 is 60.5 Å². The lowest BCUT2D eigenvalue weighted by molar-refractivity contribution is -0.870. The van der Waals surface area contributed by atoms with E-state index in [2.05, 4.69) is 0 Å². The Morgan fingerprint density at radius 1 is 1.00 bits per heavy atom. The lowest BCUT2D eigenvalue weighted by atomic mass is 9.96. The van der Waals surface area contributed by atoms with Crippen molar-refractivity contribution in [2.75, 3.05) is 34.3 Å². The van der Waals surface area contributed by atoms with Gasteiger partial charge in [-0.15, -0.1) is 0 Å². The second-order valence-corrected chi connectivity index (χ2v) is 8.01. The predicted molar refractivity (Wildman–Crippen MR) is 109 cm³/mol. The molecule has 0 aliphatic heterocycles. The number of carboxylic acid groups (broad SMARTS) is 4. The molecule has 3 unspecified atom stereocenters. The topological polar surface area (TPSA) is 239 Å². The van der Waals surface area contributed by atoms with Gasteiger partial charge in [0.15, 0.2) is 11.7 Å². The quantitative estimate of drug-likeness (QED) is 0.122. The Kier molecular flexibility index (Phi) is 17.7. The van der Waals surface area contributed by atoms with Crippen molar-refractivity contribution < 1.29 is 68.9 Å². The van der Waals surface area contributed by atoms with Gasteiger partial charge in [-0.2, -0.15) is 0 Å². The number of quaternary nitrogens is 1. The third-order valence-electron chi connectivity index (χ3n) is 3.44. The molecule has 14 nitrogen and oxygen atoms in total. The molecule has 14 heteroatoms. The van der Waals surface area contributed by atoms with Gasteiger partial charge in [-0.25, -0.2) is 9.59 Å². The van der Waals surface area contributed by atoms with Crippen LogP contribution in [0.15, 0.2) is 0 Å². The summed E-state index contributed by atoms with van der Waals surface area (Å²) in [5.74, 6) is -6.65. The highest BCUT2D eigenvalue weighted by atomic mass is 16.5. The molecule has 0 heterocycles. The van der Waals surface area contributed by atoms with Crippen LogP contribution in [-0.2, 0) is 28.7 Å². The molecule has 0 aromatic rings. The minimum absolute atomic E-state index is 0.0450. The van der Waals surface area contributed by atoms with Crippen LogP contribution in [-0.4, -0.2) is 117 Å². The highest BCUT2D eigenvalue weighted by molar-refractivity contribution is 5.88. The smallest absolute Gasteiger partial charge is 0.336 e. The van der Waals surface area contributed by atoms with Crippen molar-refractivity contribution in [2.45, 2.75) is 57.3 Å². The SMILES string of the molecule is CC(O)CC(=O)O.CCC(O)C(=O)O.C[N+](C)(C)CCOC(=O)CC(O)(CC(=O)[O-])C(=O)O. The maximum atomic E-state index is 11.4. The van der Waals surface area contributed by atoms with Crippen LogP contribution < -0.4 is 5.11 Å². The number of carboxylic acids is 4. The number of aliphatic hydroxyl groups excluding tert-OH is 2. The van der Waals surface area contributed by atoms with Crippen molar-refractivity contribution in [3.8, 4) is 0 Å². The van der Waals surface area contributed by atoms with Gasteiger partial charge < -0.3 is 49.8 Å². The molecule has 194 valence electrons. The number of aliphatic carboxylic acids is 4. The molecule has 0 rings (SSSR count). The highest BCUT2D eigenvalue weighted by Gasteiger charge is 2.39. The standard InChI is InChI=1S/C11H19NO7.2C4H8O3/c1-12(2,3)4-5-19-9(15)7-11(18,10(16)17)6-8(13)14;1-3(5)2-4(6)7;1-2-3(5)4(6)7/h18H,4-7H2,1-3H3,(H-,13,14,16,17);2*3,5H,2H2,1H3,(H,6,7). The molecular weight excluding hydrogens is 450 g/mol. The van der Waals surface area contributed by atoms with E-state index in [0.29, 0.717) is 11.0 Å². The van der Waals surface area contributed by atoms with E-state index in [4.69, 9.17) is 30.3 Å². The van der Waals surface area contributed by atoms with Gasteiger partial charge in [0.1, 0.15) is 13.2 Å². The minimum atomic E-state index is -2.70. The molecule has 0 bridgehead atoms. The van der Waals surface area contributed by atoms with E-state index >= 15 is 0 Å². The second kappa shape index (κ2) is 16.8. The van der Waals surface area contributed by atoms with E-state index in [1.807, 2.05) is 21.1 Å². The number of hydrogen-bond acceptors (Lipinski definition) is 10. The number of likely N-dealkylation sites (N-methyl/N-ethyl adjacent to an activating group) is 1. The number of carbonyl (C=O) groups excluding carboxylic acids is 2. The fourth-order valence-electron chi connectivity index (χ4n) is 1.60. The van der Waals surface area contributed by atoms with Crippen LogP contribution in [0.3, 0.4) is 0 Å². The lowest BCUT2D eigenvalue weighted by Gasteiger charge is -2.25. The molecule has 6 N–H and O–H groups in total. The Hall–Kier alpha value is -2.81. The summed E-state index contributed by atoms with van der Waals surface area (Å²) in [4.78, 5) is 51.8. The van der Waals surface area contributed by atoms with Crippen LogP contribution in [0.1, 0.15) is 39.5 Å². The third-order valence-corrected chi connectivity index (χ3v) is 3.44. The first-order chi connectivity index (χ1) is 14.8. The van der Waals surface area contributed by atoms with Gasteiger partial charge in [0.05, 0.1) is 40.1 Å². The molecule has 33 heavy (non-hydrogen) atoms. The summed E-state index contributed by atoms with van der Waals surface area (Å²) >= 11 is 0. The number of carbonyl (C=O) groups is 5. The van der Waals surface area contributed by atoms with Crippen molar-refractivity contribution >= 4 is 29.8 Å². The van der Waals surface area contributed by atoms with Gasteiger partial charge in [0.2, 0.25) is 0 Å². The van der Waals surface area contributed by atoms with Gasteiger partial charge in [0.25, 0.3) is 0 Å². The zero-order valence-corrected chi connectivity index (χ0v) is 19.4. The monoisotopic (exact) mass is 485 g/mol. The summed E-state index contributed by atoms with van der Waals surface area (Å²) < 4.78 is 5.29. The maximum absolute atomic E-state index is 11.4. The first-order valence-corrected chi connectivity index (χ1v) is 9.69. The molecule has 0 saturated heterocycles. The Morgan fingerprint density at radius 3 is 1.70 bits per heavy atom. The average molecular weight is 485 g/mol. The van der Waals surface area contributed by atoms with Crippen LogP contribution in [0.4, 0.5) is 0 Å². The van der Waals surface area contributed by atoms with Crippen molar-refractivity contribution in [1.29, 1.82) is 0 Å². The second-order valence-electron chi connectivity index (χ2n) is 8.01. The first kappa shape index (κ1) is 34.8. The van der Waals surface area contributed by atoms with E-state index in [1.165, 1.54) is 6.92 Å². The van der Waals surface area contributed by atoms with Crippen molar-refractivity contribution in [1.82, 2.24) is 0 Å². The predicted octanol–water partition coefficient (Wildman–Crippen LogP) is -2.73. The van der Waals surface area contributed by atoms with E-state index in [1.54, 1.807) is 6.92 Å².